The third-order valence-corrected chi connectivity index (χ3v) is 5.34. The molecule has 3 amide bonds. The maximum absolute atomic E-state index is 12.6. The number of nitrogens with one attached hydrogen (secondary N) is 3. The maximum Gasteiger partial charge on any atom is 0.327 e. The smallest absolute Gasteiger partial charge is 0.327 e. The molecule has 6 N–H and O–H groups in total. The molecule has 0 aliphatic heterocycles. The molecule has 0 bridgehead atoms. The fourth-order valence-electron chi connectivity index (χ4n) is 2.77. The van der Waals surface area contributed by atoms with Gasteiger partial charge in [-0.3, -0.25) is 14.4 Å². The maximum atomic E-state index is 12.6. The van der Waals surface area contributed by atoms with Crippen molar-refractivity contribution in [1.82, 2.24) is 16.0 Å². The van der Waals surface area contributed by atoms with Gasteiger partial charge in [-0.05, 0) is 24.8 Å². The molecule has 5 unspecified atom stereocenters. The third-order valence-electron chi connectivity index (χ3n) is 4.98. The van der Waals surface area contributed by atoms with Crippen molar-refractivity contribution >= 4 is 36.3 Å². The topological polar surface area (TPSA) is 151 Å². The number of rotatable bonds is 12. The van der Waals surface area contributed by atoms with Gasteiger partial charge in [-0.25, -0.2) is 4.79 Å². The molecule has 0 radical (unpaired) electrons. The predicted octanol–water partition coefficient (Wildman–Crippen LogP) is 0.0912. The number of aliphatic carboxylic acids is 1. The van der Waals surface area contributed by atoms with E-state index in [2.05, 4.69) is 28.6 Å². The van der Waals surface area contributed by atoms with Crippen LogP contribution in [0.2, 0.25) is 0 Å². The Morgan fingerprint density at radius 2 is 1.61 bits per heavy atom. The number of benzene rings is 1. The number of hydrogen-bond acceptors (Lipinski definition) is 6. The summed E-state index contributed by atoms with van der Waals surface area (Å²) in [6, 6.07) is 5.36. The van der Waals surface area contributed by atoms with Gasteiger partial charge in [-0.2, -0.15) is 12.6 Å². The van der Waals surface area contributed by atoms with Crippen molar-refractivity contribution in [2.45, 2.75) is 57.8 Å². The van der Waals surface area contributed by atoms with E-state index in [-0.39, 0.29) is 11.7 Å². The molecule has 1 aromatic carbocycles. The van der Waals surface area contributed by atoms with Crippen molar-refractivity contribution in [2.75, 3.05) is 5.75 Å². The van der Waals surface area contributed by atoms with Crippen LogP contribution in [-0.2, 0) is 25.6 Å². The van der Waals surface area contributed by atoms with E-state index in [9.17, 15) is 19.2 Å². The monoisotopic (exact) mass is 452 g/mol. The van der Waals surface area contributed by atoms with Gasteiger partial charge >= 0.3 is 5.97 Å². The Morgan fingerprint density at radius 1 is 1.00 bits per heavy atom. The lowest BCUT2D eigenvalue weighted by Gasteiger charge is -2.27. The van der Waals surface area contributed by atoms with Crippen LogP contribution < -0.4 is 21.7 Å². The van der Waals surface area contributed by atoms with E-state index in [4.69, 9.17) is 10.8 Å². The van der Waals surface area contributed by atoms with Crippen LogP contribution in [0.1, 0.15) is 32.8 Å². The largest absolute Gasteiger partial charge is 0.480 e. The van der Waals surface area contributed by atoms with E-state index >= 15 is 0 Å². The van der Waals surface area contributed by atoms with E-state index in [0.29, 0.717) is 12.8 Å². The molecule has 172 valence electrons. The summed E-state index contributed by atoms with van der Waals surface area (Å²) in [6.07, 6.45) is 0.888. The fraction of sp³-hybridized carbons (Fsp3) is 0.524. The van der Waals surface area contributed by atoms with Crippen LogP contribution in [0, 0.1) is 5.92 Å². The SMILES string of the molecule is CCC(C)C(NC(=O)C(C)NC(=O)C(N)Cc1ccccc1)C(=O)NC(CS)C(=O)O. The highest BCUT2D eigenvalue weighted by Gasteiger charge is 2.31. The third kappa shape index (κ3) is 8.58. The fourth-order valence-corrected chi connectivity index (χ4v) is 3.02. The molecule has 0 saturated carbocycles. The summed E-state index contributed by atoms with van der Waals surface area (Å²) in [5.74, 6) is -3.25. The quantitative estimate of drug-likeness (QED) is 0.247. The summed E-state index contributed by atoms with van der Waals surface area (Å²) < 4.78 is 0. The van der Waals surface area contributed by atoms with Crippen molar-refractivity contribution < 1.29 is 24.3 Å². The first kappa shape index (κ1) is 26.4. The van der Waals surface area contributed by atoms with Gasteiger partial charge in [0, 0.05) is 5.75 Å². The van der Waals surface area contributed by atoms with E-state index in [1.165, 1.54) is 6.92 Å². The van der Waals surface area contributed by atoms with Gasteiger partial charge in [0.05, 0.1) is 6.04 Å². The number of nitrogens with two attached hydrogens (primary N) is 1. The molecule has 31 heavy (non-hydrogen) atoms. The number of carboxylic acid groups (broad SMARTS) is 1. The molecule has 0 aromatic heterocycles. The Hall–Kier alpha value is -2.59. The van der Waals surface area contributed by atoms with Crippen molar-refractivity contribution in [2.24, 2.45) is 11.7 Å². The zero-order valence-corrected chi connectivity index (χ0v) is 18.9. The highest BCUT2D eigenvalue weighted by Crippen LogP contribution is 2.09. The van der Waals surface area contributed by atoms with Crippen LogP contribution >= 0.6 is 12.6 Å². The average Bonchev–Trinajstić information content (AvgIpc) is 2.75. The minimum absolute atomic E-state index is 0.0893. The van der Waals surface area contributed by atoms with Gasteiger partial charge in [-0.15, -0.1) is 0 Å². The van der Waals surface area contributed by atoms with Crippen LogP contribution in [0.3, 0.4) is 0 Å². The van der Waals surface area contributed by atoms with Crippen molar-refractivity contribution in [3.8, 4) is 0 Å². The standard InChI is InChI=1S/C21H32N4O5S/c1-4-12(2)17(20(28)24-16(11-31)21(29)30)25-18(26)13(3)23-19(27)15(22)10-14-8-6-5-7-9-14/h5-9,12-13,15-17,31H,4,10-11,22H2,1-3H3,(H,23,27)(H,24,28)(H,25,26)(H,29,30). The predicted molar refractivity (Wildman–Crippen MR) is 121 cm³/mol. The van der Waals surface area contributed by atoms with Crippen LogP contribution in [0.4, 0.5) is 0 Å². The molecule has 1 aromatic rings. The lowest BCUT2D eigenvalue weighted by atomic mass is 9.97. The van der Waals surface area contributed by atoms with Gasteiger partial charge < -0.3 is 26.8 Å². The molecule has 0 saturated heterocycles. The molecule has 10 heteroatoms. The summed E-state index contributed by atoms with van der Waals surface area (Å²) in [5.41, 5.74) is 6.84. The van der Waals surface area contributed by atoms with Gasteiger partial charge in [0.1, 0.15) is 18.1 Å². The Balaban J connectivity index is 2.73. The van der Waals surface area contributed by atoms with Crippen LogP contribution in [-0.4, -0.2) is 58.7 Å². The van der Waals surface area contributed by atoms with Crippen LogP contribution in [0.15, 0.2) is 30.3 Å². The molecule has 9 nitrogen and oxygen atoms in total. The molecule has 0 fully saturated rings. The second kappa shape index (κ2) is 13.0. The molecular weight excluding hydrogens is 420 g/mol. The molecule has 5 atom stereocenters. The van der Waals surface area contributed by atoms with Crippen molar-refractivity contribution in [3.63, 3.8) is 0 Å². The highest BCUT2D eigenvalue weighted by atomic mass is 32.1. The van der Waals surface area contributed by atoms with Gasteiger partial charge in [0.25, 0.3) is 0 Å². The Labute approximate surface area is 187 Å². The molecular formula is C21H32N4O5S. The first-order chi connectivity index (χ1) is 14.6. The lowest BCUT2D eigenvalue weighted by Crippen LogP contribution is -2.58. The first-order valence-corrected chi connectivity index (χ1v) is 10.8. The summed E-state index contributed by atoms with van der Waals surface area (Å²) >= 11 is 3.93. The lowest BCUT2D eigenvalue weighted by molar-refractivity contribution is -0.142. The van der Waals surface area contributed by atoms with Crippen LogP contribution in [0.25, 0.3) is 0 Å². The molecule has 0 aliphatic rings. The summed E-state index contributed by atoms with van der Waals surface area (Å²) in [6.45, 7) is 5.10. The normalized spacial score (nSPS) is 15.6. The van der Waals surface area contributed by atoms with E-state index < -0.39 is 47.9 Å². The Bertz CT molecular complexity index is 761. The van der Waals surface area contributed by atoms with E-state index in [0.717, 1.165) is 5.56 Å². The van der Waals surface area contributed by atoms with Crippen molar-refractivity contribution in [3.05, 3.63) is 35.9 Å². The molecule has 0 aliphatic carbocycles. The average molecular weight is 453 g/mol. The minimum atomic E-state index is -1.22. The zero-order chi connectivity index (χ0) is 23.6. The highest BCUT2D eigenvalue weighted by molar-refractivity contribution is 7.80. The summed E-state index contributed by atoms with van der Waals surface area (Å²) in [5, 5.41) is 16.7. The van der Waals surface area contributed by atoms with Crippen molar-refractivity contribution in [1.29, 1.82) is 0 Å². The summed E-state index contributed by atoms with van der Waals surface area (Å²) in [7, 11) is 0. The minimum Gasteiger partial charge on any atom is -0.480 e. The van der Waals surface area contributed by atoms with Gasteiger partial charge in [-0.1, -0.05) is 50.6 Å². The number of carbonyl (C=O) groups is 4. The number of carbonyl (C=O) groups excluding carboxylic acids is 3. The van der Waals surface area contributed by atoms with Gasteiger partial charge in [0.15, 0.2) is 0 Å². The first-order valence-electron chi connectivity index (χ1n) is 10.1. The second-order valence-electron chi connectivity index (χ2n) is 7.48. The molecule has 1 rings (SSSR count). The number of thiol groups is 1. The van der Waals surface area contributed by atoms with Crippen LogP contribution in [0.5, 0.6) is 0 Å². The molecule has 0 heterocycles. The Kier molecular flexibility index (Phi) is 11.1. The van der Waals surface area contributed by atoms with E-state index in [1.807, 2.05) is 37.3 Å². The molecule has 0 spiro atoms. The van der Waals surface area contributed by atoms with E-state index in [1.54, 1.807) is 6.92 Å². The number of amides is 3. The Morgan fingerprint density at radius 3 is 2.13 bits per heavy atom. The number of hydrogen-bond donors (Lipinski definition) is 6. The zero-order valence-electron chi connectivity index (χ0n) is 18.0. The second-order valence-corrected chi connectivity index (χ2v) is 7.85. The summed E-state index contributed by atoms with van der Waals surface area (Å²) in [4.78, 5) is 48.7. The van der Waals surface area contributed by atoms with Gasteiger partial charge in [0.2, 0.25) is 17.7 Å². The number of carboxylic acids is 1.